The lowest BCUT2D eigenvalue weighted by molar-refractivity contribution is -0.125. The topological polar surface area (TPSA) is 45.2 Å². The molecule has 3 aromatic rings. The summed E-state index contributed by atoms with van der Waals surface area (Å²) >= 11 is 5.28. The summed E-state index contributed by atoms with van der Waals surface area (Å²) in [5, 5.41) is 4.15. The minimum Gasteiger partial charge on any atom is -0.352 e. The lowest BCUT2D eigenvalue weighted by Crippen LogP contribution is -2.43. The molecule has 4 rings (SSSR count). The van der Waals surface area contributed by atoms with Crippen molar-refractivity contribution < 1.29 is 4.79 Å². The minimum absolute atomic E-state index is 0.00563. The molecular formula is C22H24BrN3OS. The van der Waals surface area contributed by atoms with E-state index < -0.39 is 0 Å². The molecule has 1 N–H and O–H groups in total. The van der Waals surface area contributed by atoms with Gasteiger partial charge in [-0.25, -0.2) is 4.98 Å². The number of piperidine rings is 1. The van der Waals surface area contributed by atoms with E-state index in [9.17, 15) is 4.79 Å². The molecule has 1 saturated heterocycles. The number of thiazole rings is 1. The van der Waals surface area contributed by atoms with Gasteiger partial charge in [0, 0.05) is 24.1 Å². The second-order valence-electron chi connectivity index (χ2n) is 7.52. The average molecular weight is 458 g/mol. The van der Waals surface area contributed by atoms with Crippen LogP contribution in [0.25, 0.3) is 10.2 Å². The standard InChI is InChI=1S/C22H24BrN3OS/c1-14-10-15(2)20-19(11-14)28-22(25-20)26-9-5-7-17(13-26)21(27)24-12-16-6-3-4-8-18(16)23/h3-4,6,8,10-11,17H,5,7,9,12-13H2,1-2H3,(H,24,27)/t17-/m1/s1. The first-order valence-electron chi connectivity index (χ1n) is 9.65. The zero-order chi connectivity index (χ0) is 19.7. The molecule has 4 nitrogen and oxygen atoms in total. The average Bonchev–Trinajstić information content (AvgIpc) is 3.12. The normalized spacial score (nSPS) is 17.1. The van der Waals surface area contributed by atoms with Gasteiger partial charge in [-0.15, -0.1) is 0 Å². The lowest BCUT2D eigenvalue weighted by atomic mass is 9.97. The molecular weight excluding hydrogens is 434 g/mol. The van der Waals surface area contributed by atoms with E-state index in [2.05, 4.69) is 52.1 Å². The van der Waals surface area contributed by atoms with Crippen molar-refractivity contribution in [2.75, 3.05) is 18.0 Å². The Morgan fingerprint density at radius 1 is 1.32 bits per heavy atom. The van der Waals surface area contributed by atoms with E-state index in [-0.39, 0.29) is 11.8 Å². The highest BCUT2D eigenvalue weighted by Crippen LogP contribution is 2.33. The number of aromatic nitrogens is 1. The Labute approximate surface area is 178 Å². The van der Waals surface area contributed by atoms with Crippen molar-refractivity contribution in [3.05, 3.63) is 57.6 Å². The molecule has 28 heavy (non-hydrogen) atoms. The van der Waals surface area contributed by atoms with Gasteiger partial charge in [-0.1, -0.05) is 51.5 Å². The predicted octanol–water partition coefficient (Wildman–Crippen LogP) is 5.21. The van der Waals surface area contributed by atoms with Gasteiger partial charge < -0.3 is 10.2 Å². The van der Waals surface area contributed by atoms with Gasteiger partial charge in [-0.05, 0) is 55.5 Å². The third kappa shape index (κ3) is 4.08. The number of anilines is 1. The number of hydrogen-bond donors (Lipinski definition) is 1. The van der Waals surface area contributed by atoms with Crippen LogP contribution in [0.1, 0.15) is 29.5 Å². The van der Waals surface area contributed by atoms with Crippen molar-refractivity contribution in [3.63, 3.8) is 0 Å². The predicted molar refractivity (Wildman–Crippen MR) is 120 cm³/mol. The molecule has 1 amide bonds. The maximum Gasteiger partial charge on any atom is 0.225 e. The SMILES string of the molecule is Cc1cc(C)c2nc(N3CCC[C@@H](C(=O)NCc4ccccc4Br)C3)sc2c1. The smallest absolute Gasteiger partial charge is 0.225 e. The van der Waals surface area contributed by atoms with E-state index in [4.69, 9.17) is 4.98 Å². The van der Waals surface area contributed by atoms with Crippen LogP contribution in [0.15, 0.2) is 40.9 Å². The van der Waals surface area contributed by atoms with Crippen molar-refractivity contribution in [3.8, 4) is 0 Å². The number of carbonyl (C=O) groups is 1. The quantitative estimate of drug-likeness (QED) is 0.584. The molecule has 1 aliphatic rings. The summed E-state index contributed by atoms with van der Waals surface area (Å²) in [6, 6.07) is 12.4. The number of benzene rings is 2. The van der Waals surface area contributed by atoms with E-state index in [1.54, 1.807) is 11.3 Å². The van der Waals surface area contributed by atoms with E-state index in [1.807, 2.05) is 24.3 Å². The monoisotopic (exact) mass is 457 g/mol. The number of fused-ring (bicyclic) bond motifs is 1. The number of rotatable bonds is 4. The zero-order valence-corrected chi connectivity index (χ0v) is 18.6. The first kappa shape index (κ1) is 19.4. The summed E-state index contributed by atoms with van der Waals surface area (Å²) in [6.45, 7) is 6.49. The molecule has 2 aromatic carbocycles. The van der Waals surface area contributed by atoms with Crippen LogP contribution in [0.4, 0.5) is 5.13 Å². The summed E-state index contributed by atoms with van der Waals surface area (Å²) in [6.07, 6.45) is 1.95. The molecule has 1 aromatic heterocycles. The molecule has 0 saturated carbocycles. The number of carbonyl (C=O) groups excluding carboxylic acids is 1. The van der Waals surface area contributed by atoms with Crippen LogP contribution in [0, 0.1) is 19.8 Å². The van der Waals surface area contributed by atoms with Crippen LogP contribution in [0.2, 0.25) is 0 Å². The number of amides is 1. The molecule has 0 bridgehead atoms. The van der Waals surface area contributed by atoms with Crippen molar-refractivity contribution in [1.82, 2.24) is 10.3 Å². The van der Waals surface area contributed by atoms with E-state index in [0.29, 0.717) is 6.54 Å². The third-order valence-corrected chi connectivity index (χ3v) is 7.13. The van der Waals surface area contributed by atoms with Gasteiger partial charge in [-0.3, -0.25) is 4.79 Å². The van der Waals surface area contributed by atoms with Gasteiger partial charge in [0.05, 0.1) is 16.1 Å². The third-order valence-electron chi connectivity index (χ3n) is 5.29. The second kappa shape index (κ2) is 8.21. The lowest BCUT2D eigenvalue weighted by Gasteiger charge is -2.31. The molecule has 146 valence electrons. The number of nitrogens with one attached hydrogen (secondary N) is 1. The minimum atomic E-state index is 0.00563. The summed E-state index contributed by atoms with van der Waals surface area (Å²) in [7, 11) is 0. The highest BCUT2D eigenvalue weighted by Gasteiger charge is 2.27. The number of aryl methyl sites for hydroxylation is 2. The first-order chi connectivity index (χ1) is 13.5. The maximum atomic E-state index is 12.8. The van der Waals surface area contributed by atoms with E-state index in [0.717, 1.165) is 46.6 Å². The van der Waals surface area contributed by atoms with Crippen LogP contribution in [-0.2, 0) is 11.3 Å². The molecule has 1 fully saturated rings. The Morgan fingerprint density at radius 2 is 2.14 bits per heavy atom. The Balaban J connectivity index is 1.45. The van der Waals surface area contributed by atoms with Crippen LogP contribution >= 0.6 is 27.3 Å². The molecule has 1 atom stereocenters. The second-order valence-corrected chi connectivity index (χ2v) is 9.38. The van der Waals surface area contributed by atoms with Gasteiger partial charge in [0.1, 0.15) is 0 Å². The molecule has 0 spiro atoms. The van der Waals surface area contributed by atoms with Gasteiger partial charge in [-0.2, -0.15) is 0 Å². The van der Waals surface area contributed by atoms with Crippen molar-refractivity contribution >= 4 is 48.5 Å². The van der Waals surface area contributed by atoms with Crippen LogP contribution in [0.3, 0.4) is 0 Å². The summed E-state index contributed by atoms with van der Waals surface area (Å²) in [5.74, 6) is 0.139. The Morgan fingerprint density at radius 3 is 2.96 bits per heavy atom. The van der Waals surface area contributed by atoms with E-state index >= 15 is 0 Å². The van der Waals surface area contributed by atoms with Gasteiger partial charge in [0.25, 0.3) is 0 Å². The van der Waals surface area contributed by atoms with Crippen LogP contribution < -0.4 is 10.2 Å². The molecule has 6 heteroatoms. The molecule has 1 aliphatic heterocycles. The Hall–Kier alpha value is -1.92. The fourth-order valence-corrected chi connectivity index (χ4v) is 5.43. The molecule has 0 radical (unpaired) electrons. The molecule has 2 heterocycles. The summed E-state index contributed by atoms with van der Waals surface area (Å²) < 4.78 is 2.26. The Bertz CT molecular complexity index is 1020. The fourth-order valence-electron chi connectivity index (χ4n) is 3.83. The van der Waals surface area contributed by atoms with Crippen LogP contribution in [0.5, 0.6) is 0 Å². The first-order valence-corrected chi connectivity index (χ1v) is 11.3. The molecule has 0 aliphatic carbocycles. The van der Waals surface area contributed by atoms with Crippen molar-refractivity contribution in [2.45, 2.75) is 33.2 Å². The largest absolute Gasteiger partial charge is 0.352 e. The van der Waals surface area contributed by atoms with Gasteiger partial charge in [0.2, 0.25) is 5.91 Å². The van der Waals surface area contributed by atoms with E-state index in [1.165, 1.54) is 15.8 Å². The highest BCUT2D eigenvalue weighted by molar-refractivity contribution is 9.10. The van der Waals surface area contributed by atoms with Crippen molar-refractivity contribution in [2.24, 2.45) is 5.92 Å². The highest BCUT2D eigenvalue weighted by atomic mass is 79.9. The van der Waals surface area contributed by atoms with Crippen LogP contribution in [-0.4, -0.2) is 24.0 Å². The maximum absolute atomic E-state index is 12.8. The summed E-state index contributed by atoms with van der Waals surface area (Å²) in [4.78, 5) is 19.9. The van der Waals surface area contributed by atoms with Gasteiger partial charge >= 0.3 is 0 Å². The number of nitrogens with zero attached hydrogens (tertiary/aromatic N) is 2. The number of halogens is 1. The zero-order valence-electron chi connectivity index (χ0n) is 16.2. The number of hydrogen-bond acceptors (Lipinski definition) is 4. The Kier molecular flexibility index (Phi) is 5.69. The summed E-state index contributed by atoms with van der Waals surface area (Å²) in [5.41, 5.74) is 4.67. The van der Waals surface area contributed by atoms with Gasteiger partial charge in [0.15, 0.2) is 5.13 Å². The van der Waals surface area contributed by atoms with Crippen molar-refractivity contribution in [1.29, 1.82) is 0 Å². The molecule has 0 unspecified atom stereocenters. The fraction of sp³-hybridized carbons (Fsp3) is 0.364.